The van der Waals surface area contributed by atoms with Crippen molar-refractivity contribution in [3.63, 3.8) is 0 Å². The van der Waals surface area contributed by atoms with E-state index >= 15 is 0 Å². The highest BCUT2D eigenvalue weighted by Gasteiger charge is 2.21. The zero-order chi connectivity index (χ0) is 16.6. The third-order valence-corrected chi connectivity index (χ3v) is 4.19. The summed E-state index contributed by atoms with van der Waals surface area (Å²) in [4.78, 5) is 14.6. The average molecular weight is 321 g/mol. The van der Waals surface area contributed by atoms with E-state index in [9.17, 15) is 4.79 Å². The number of ether oxygens (including phenoxy) is 1. The molecule has 1 amide bonds. The van der Waals surface area contributed by atoms with E-state index in [1.807, 2.05) is 59.5 Å². The molecule has 1 fully saturated rings. The summed E-state index contributed by atoms with van der Waals surface area (Å²) in [6.07, 6.45) is 5.80. The molecule has 0 aliphatic carbocycles. The number of nitrogens with zero attached hydrogens (tertiary/aromatic N) is 1. The molecule has 0 saturated carbocycles. The first-order valence-corrected chi connectivity index (χ1v) is 8.49. The lowest BCUT2D eigenvalue weighted by atomic mass is 10.1. The van der Waals surface area contributed by atoms with Crippen LogP contribution < -0.4 is 0 Å². The molecular formula is C21H23NO2. The van der Waals surface area contributed by atoms with E-state index in [0.717, 1.165) is 30.6 Å². The third kappa shape index (κ3) is 4.80. The Bertz CT molecular complexity index is 661. The van der Waals surface area contributed by atoms with Gasteiger partial charge in [-0.05, 0) is 30.0 Å². The predicted octanol–water partition coefficient (Wildman–Crippen LogP) is 3.91. The van der Waals surface area contributed by atoms with Gasteiger partial charge in [-0.25, -0.2) is 0 Å². The predicted molar refractivity (Wildman–Crippen MR) is 96.3 cm³/mol. The maximum atomic E-state index is 12.7. The molecule has 0 radical (unpaired) electrons. The normalized spacial score (nSPS) is 17.2. The average Bonchev–Trinajstić information content (AvgIpc) is 3.14. The molecule has 1 atom stereocenters. The van der Waals surface area contributed by atoms with Crippen LogP contribution in [0.4, 0.5) is 0 Å². The second kappa shape index (κ2) is 8.46. The Morgan fingerprint density at radius 2 is 1.79 bits per heavy atom. The molecular weight excluding hydrogens is 298 g/mol. The lowest BCUT2D eigenvalue weighted by Crippen LogP contribution is -2.35. The van der Waals surface area contributed by atoms with Gasteiger partial charge in [-0.15, -0.1) is 0 Å². The number of hydrogen-bond acceptors (Lipinski definition) is 2. The van der Waals surface area contributed by atoms with Gasteiger partial charge in [-0.3, -0.25) is 4.79 Å². The van der Waals surface area contributed by atoms with Crippen molar-refractivity contribution in [3.05, 3.63) is 77.9 Å². The van der Waals surface area contributed by atoms with E-state index in [0.29, 0.717) is 13.1 Å². The summed E-state index contributed by atoms with van der Waals surface area (Å²) in [6, 6.07) is 20.0. The molecule has 0 spiro atoms. The van der Waals surface area contributed by atoms with E-state index in [4.69, 9.17) is 4.74 Å². The highest BCUT2D eigenvalue weighted by Crippen LogP contribution is 2.16. The van der Waals surface area contributed by atoms with Crippen molar-refractivity contribution in [1.29, 1.82) is 0 Å². The van der Waals surface area contributed by atoms with Gasteiger partial charge in [0.2, 0.25) is 5.91 Å². The minimum atomic E-state index is 0.0261. The topological polar surface area (TPSA) is 29.5 Å². The van der Waals surface area contributed by atoms with Gasteiger partial charge >= 0.3 is 0 Å². The monoisotopic (exact) mass is 321 g/mol. The van der Waals surface area contributed by atoms with Crippen LogP contribution in [0.25, 0.3) is 6.08 Å². The summed E-state index contributed by atoms with van der Waals surface area (Å²) in [5, 5.41) is 0. The first kappa shape index (κ1) is 16.5. The van der Waals surface area contributed by atoms with Gasteiger partial charge in [0.15, 0.2) is 0 Å². The standard InChI is InChI=1S/C21H23NO2/c23-21(14-13-18-8-3-1-4-9-18)22(17-20-12-7-15-24-20)16-19-10-5-2-6-11-19/h1-6,8-11,13-14,20H,7,12,15-17H2/b14-13+. The molecule has 0 bridgehead atoms. The highest BCUT2D eigenvalue weighted by atomic mass is 16.5. The van der Waals surface area contributed by atoms with E-state index in [-0.39, 0.29) is 12.0 Å². The quantitative estimate of drug-likeness (QED) is 0.755. The van der Waals surface area contributed by atoms with E-state index in [1.165, 1.54) is 0 Å². The van der Waals surface area contributed by atoms with Crippen molar-refractivity contribution in [2.24, 2.45) is 0 Å². The van der Waals surface area contributed by atoms with Gasteiger partial charge in [0.25, 0.3) is 0 Å². The fraction of sp³-hybridized carbons (Fsp3) is 0.286. The van der Waals surface area contributed by atoms with E-state index < -0.39 is 0 Å². The van der Waals surface area contributed by atoms with Gasteiger partial charge in [-0.2, -0.15) is 0 Å². The molecule has 3 heteroatoms. The van der Waals surface area contributed by atoms with Crippen molar-refractivity contribution >= 4 is 12.0 Å². The van der Waals surface area contributed by atoms with Crippen LogP contribution in [-0.2, 0) is 16.1 Å². The summed E-state index contributed by atoms with van der Waals surface area (Å²) in [5.41, 5.74) is 2.17. The van der Waals surface area contributed by atoms with Crippen LogP contribution in [0, 0.1) is 0 Å². The number of hydrogen-bond donors (Lipinski definition) is 0. The summed E-state index contributed by atoms with van der Waals surface area (Å²) >= 11 is 0. The number of carbonyl (C=O) groups is 1. The Morgan fingerprint density at radius 1 is 1.08 bits per heavy atom. The van der Waals surface area contributed by atoms with Gasteiger partial charge in [0.1, 0.15) is 0 Å². The summed E-state index contributed by atoms with van der Waals surface area (Å²) in [6.45, 7) is 2.06. The fourth-order valence-corrected chi connectivity index (χ4v) is 2.91. The molecule has 2 aromatic carbocycles. The Morgan fingerprint density at radius 3 is 2.46 bits per heavy atom. The Balaban J connectivity index is 1.70. The first-order chi connectivity index (χ1) is 11.8. The molecule has 1 heterocycles. The van der Waals surface area contributed by atoms with Crippen molar-refractivity contribution < 1.29 is 9.53 Å². The molecule has 3 nitrogen and oxygen atoms in total. The van der Waals surface area contributed by atoms with Gasteiger partial charge < -0.3 is 9.64 Å². The number of rotatable bonds is 6. The van der Waals surface area contributed by atoms with Crippen molar-refractivity contribution in [2.45, 2.75) is 25.5 Å². The Kier molecular flexibility index (Phi) is 5.80. The first-order valence-electron chi connectivity index (χ1n) is 8.49. The zero-order valence-corrected chi connectivity index (χ0v) is 13.8. The summed E-state index contributed by atoms with van der Waals surface area (Å²) < 4.78 is 5.72. The molecule has 1 aliphatic heterocycles. The van der Waals surface area contributed by atoms with Crippen LogP contribution in [0.15, 0.2) is 66.7 Å². The molecule has 1 unspecified atom stereocenters. The molecule has 0 N–H and O–H groups in total. The molecule has 1 saturated heterocycles. The number of amides is 1. The largest absolute Gasteiger partial charge is 0.376 e. The van der Waals surface area contributed by atoms with Crippen molar-refractivity contribution in [2.75, 3.05) is 13.2 Å². The lowest BCUT2D eigenvalue weighted by molar-refractivity contribution is -0.128. The van der Waals surface area contributed by atoms with Crippen LogP contribution in [0.1, 0.15) is 24.0 Å². The summed E-state index contributed by atoms with van der Waals surface area (Å²) in [5.74, 6) is 0.0261. The second-order valence-corrected chi connectivity index (χ2v) is 6.08. The van der Waals surface area contributed by atoms with Crippen LogP contribution in [-0.4, -0.2) is 30.1 Å². The molecule has 24 heavy (non-hydrogen) atoms. The smallest absolute Gasteiger partial charge is 0.246 e. The summed E-state index contributed by atoms with van der Waals surface area (Å²) in [7, 11) is 0. The maximum Gasteiger partial charge on any atom is 0.246 e. The molecule has 1 aliphatic rings. The zero-order valence-electron chi connectivity index (χ0n) is 13.8. The van der Waals surface area contributed by atoms with E-state index in [1.54, 1.807) is 6.08 Å². The highest BCUT2D eigenvalue weighted by molar-refractivity contribution is 5.91. The fourth-order valence-electron chi connectivity index (χ4n) is 2.91. The van der Waals surface area contributed by atoms with Crippen molar-refractivity contribution in [3.8, 4) is 0 Å². The third-order valence-electron chi connectivity index (χ3n) is 4.19. The van der Waals surface area contributed by atoms with Gasteiger partial charge in [-0.1, -0.05) is 60.7 Å². The Hall–Kier alpha value is -2.39. The van der Waals surface area contributed by atoms with Crippen LogP contribution in [0.5, 0.6) is 0 Å². The van der Waals surface area contributed by atoms with Crippen LogP contribution in [0.2, 0.25) is 0 Å². The Labute approximate surface area is 143 Å². The maximum absolute atomic E-state index is 12.7. The van der Waals surface area contributed by atoms with Gasteiger partial charge in [0.05, 0.1) is 6.10 Å². The minimum absolute atomic E-state index is 0.0261. The van der Waals surface area contributed by atoms with Gasteiger partial charge in [0, 0.05) is 25.8 Å². The molecule has 2 aromatic rings. The minimum Gasteiger partial charge on any atom is -0.376 e. The van der Waals surface area contributed by atoms with Crippen molar-refractivity contribution in [1.82, 2.24) is 4.90 Å². The van der Waals surface area contributed by atoms with E-state index in [2.05, 4.69) is 12.1 Å². The van der Waals surface area contributed by atoms with Crippen LogP contribution in [0.3, 0.4) is 0 Å². The molecule has 0 aromatic heterocycles. The molecule has 124 valence electrons. The SMILES string of the molecule is O=C(/C=C/c1ccccc1)N(Cc1ccccc1)CC1CCCO1. The molecule has 3 rings (SSSR count). The number of benzene rings is 2. The van der Waals surface area contributed by atoms with Crippen LogP contribution >= 0.6 is 0 Å². The number of carbonyl (C=O) groups excluding carboxylic acids is 1. The lowest BCUT2D eigenvalue weighted by Gasteiger charge is -2.24. The second-order valence-electron chi connectivity index (χ2n) is 6.08.